The van der Waals surface area contributed by atoms with E-state index >= 15 is 0 Å². The minimum atomic E-state index is -0.339. The summed E-state index contributed by atoms with van der Waals surface area (Å²) in [7, 11) is 1.39. The molecule has 2 aromatic rings. The van der Waals surface area contributed by atoms with Crippen molar-refractivity contribution in [1.29, 1.82) is 0 Å². The van der Waals surface area contributed by atoms with Gasteiger partial charge in [0.25, 0.3) is 0 Å². The summed E-state index contributed by atoms with van der Waals surface area (Å²) in [6, 6.07) is 3.46. The summed E-state index contributed by atoms with van der Waals surface area (Å²) in [5, 5.41) is 0. The molecule has 0 aromatic carbocycles. The summed E-state index contributed by atoms with van der Waals surface area (Å²) in [6.07, 6.45) is 4.42. The molecule has 0 radical (unpaired) electrons. The van der Waals surface area contributed by atoms with Crippen molar-refractivity contribution in [2.75, 3.05) is 38.2 Å². The number of carbonyl (C=O) groups is 1. The third kappa shape index (κ3) is 3.91. The van der Waals surface area contributed by atoms with Crippen LogP contribution in [0, 0.1) is 6.92 Å². The third-order valence-corrected chi connectivity index (χ3v) is 4.11. The Morgan fingerprint density at radius 2 is 2.17 bits per heavy atom. The largest absolute Gasteiger partial charge is 0.465 e. The summed E-state index contributed by atoms with van der Waals surface area (Å²) >= 11 is 0. The van der Waals surface area contributed by atoms with Crippen LogP contribution in [-0.4, -0.2) is 54.1 Å². The van der Waals surface area contributed by atoms with Crippen molar-refractivity contribution in [3.63, 3.8) is 0 Å². The number of ether oxygens (including phenoxy) is 1. The van der Waals surface area contributed by atoms with Crippen LogP contribution < -0.4 is 4.90 Å². The number of hydrogen-bond acceptors (Lipinski definition) is 7. The molecule has 0 unspecified atom stereocenters. The zero-order valence-electron chi connectivity index (χ0n) is 14.1. The number of hydrogen-bond donors (Lipinski definition) is 0. The van der Waals surface area contributed by atoms with Crippen LogP contribution in [0.15, 0.2) is 28.9 Å². The van der Waals surface area contributed by atoms with Gasteiger partial charge in [-0.05, 0) is 25.5 Å². The lowest BCUT2D eigenvalue weighted by Gasteiger charge is -2.22. The van der Waals surface area contributed by atoms with Crippen LogP contribution in [0.4, 0.5) is 5.82 Å². The van der Waals surface area contributed by atoms with Gasteiger partial charge in [0.15, 0.2) is 0 Å². The fraction of sp³-hybridized carbons (Fsp3) is 0.471. The van der Waals surface area contributed by atoms with E-state index in [1.54, 1.807) is 24.5 Å². The molecule has 0 amide bonds. The number of methoxy groups -OCH3 is 1. The smallest absolute Gasteiger partial charge is 0.338 e. The van der Waals surface area contributed by atoms with Crippen molar-refractivity contribution >= 4 is 11.8 Å². The van der Waals surface area contributed by atoms with Crippen LogP contribution in [0.1, 0.15) is 28.4 Å². The second kappa shape index (κ2) is 7.44. The predicted molar refractivity (Wildman–Crippen MR) is 88.9 cm³/mol. The van der Waals surface area contributed by atoms with Crippen molar-refractivity contribution in [1.82, 2.24) is 14.9 Å². The highest BCUT2D eigenvalue weighted by Gasteiger charge is 2.18. The highest BCUT2D eigenvalue weighted by atomic mass is 16.5. The molecule has 0 spiro atoms. The molecule has 0 bridgehead atoms. The molecule has 128 valence electrons. The average Bonchev–Trinajstić information content (AvgIpc) is 2.87. The molecule has 0 atom stereocenters. The number of anilines is 1. The highest BCUT2D eigenvalue weighted by molar-refractivity contribution is 5.90. The van der Waals surface area contributed by atoms with E-state index in [4.69, 9.17) is 9.15 Å². The molecule has 24 heavy (non-hydrogen) atoms. The molecular formula is C17H22N4O3. The van der Waals surface area contributed by atoms with E-state index in [1.165, 1.54) is 7.11 Å². The molecule has 0 aliphatic carbocycles. The fourth-order valence-corrected chi connectivity index (χ4v) is 2.86. The maximum Gasteiger partial charge on any atom is 0.338 e. The standard InChI is InChI=1S/C17H22N4O3/c1-13-11-19-16(24-13)12-20-6-3-7-21(9-8-20)15-10-14(4-5-18-15)17(22)23-2/h4-5,10-11H,3,6-9,12H2,1-2H3. The Hall–Kier alpha value is -2.41. The number of oxazole rings is 1. The lowest BCUT2D eigenvalue weighted by Crippen LogP contribution is -2.31. The maximum absolute atomic E-state index is 11.7. The summed E-state index contributed by atoms with van der Waals surface area (Å²) in [6.45, 7) is 6.24. The molecule has 1 aliphatic heterocycles. The van der Waals surface area contributed by atoms with Crippen LogP contribution in [-0.2, 0) is 11.3 Å². The predicted octanol–water partition coefficient (Wildman–Crippen LogP) is 1.88. The summed E-state index contributed by atoms with van der Waals surface area (Å²) in [5.74, 6) is 2.07. The van der Waals surface area contributed by atoms with E-state index in [9.17, 15) is 4.79 Å². The van der Waals surface area contributed by atoms with Crippen molar-refractivity contribution in [2.24, 2.45) is 0 Å². The Kier molecular flexibility index (Phi) is 5.10. The first kappa shape index (κ1) is 16.4. The van der Waals surface area contributed by atoms with Gasteiger partial charge in [-0.3, -0.25) is 4.90 Å². The van der Waals surface area contributed by atoms with Crippen molar-refractivity contribution in [3.8, 4) is 0 Å². The lowest BCUT2D eigenvalue weighted by atomic mass is 10.2. The van der Waals surface area contributed by atoms with Gasteiger partial charge in [-0.15, -0.1) is 0 Å². The van der Waals surface area contributed by atoms with E-state index in [-0.39, 0.29) is 5.97 Å². The maximum atomic E-state index is 11.7. The first-order chi connectivity index (χ1) is 11.7. The normalized spacial score (nSPS) is 16.0. The Morgan fingerprint density at radius 3 is 2.92 bits per heavy atom. The summed E-state index contributed by atoms with van der Waals surface area (Å²) < 4.78 is 10.3. The number of carbonyl (C=O) groups excluding carboxylic acids is 1. The number of nitrogens with zero attached hydrogens (tertiary/aromatic N) is 4. The monoisotopic (exact) mass is 330 g/mol. The Balaban J connectivity index is 1.64. The van der Waals surface area contributed by atoms with Gasteiger partial charge in [0.1, 0.15) is 11.6 Å². The van der Waals surface area contributed by atoms with Crippen LogP contribution in [0.3, 0.4) is 0 Å². The Morgan fingerprint density at radius 1 is 1.29 bits per heavy atom. The van der Waals surface area contributed by atoms with Gasteiger partial charge in [-0.2, -0.15) is 0 Å². The Bertz CT molecular complexity index is 701. The van der Waals surface area contributed by atoms with Gasteiger partial charge >= 0.3 is 5.97 Å². The molecule has 0 saturated carbocycles. The van der Waals surface area contributed by atoms with Gasteiger partial charge in [0, 0.05) is 32.4 Å². The van der Waals surface area contributed by atoms with Gasteiger partial charge < -0.3 is 14.1 Å². The number of pyridine rings is 1. The quantitative estimate of drug-likeness (QED) is 0.793. The van der Waals surface area contributed by atoms with Crippen LogP contribution in [0.5, 0.6) is 0 Å². The van der Waals surface area contributed by atoms with Gasteiger partial charge in [0.2, 0.25) is 5.89 Å². The summed E-state index contributed by atoms with van der Waals surface area (Å²) in [4.78, 5) is 24.9. The van der Waals surface area contributed by atoms with Crippen molar-refractivity contribution in [2.45, 2.75) is 19.9 Å². The average molecular weight is 330 g/mol. The molecule has 3 heterocycles. The molecule has 2 aromatic heterocycles. The van der Waals surface area contributed by atoms with Crippen LogP contribution in [0.2, 0.25) is 0 Å². The second-order valence-electron chi connectivity index (χ2n) is 5.88. The molecule has 0 N–H and O–H groups in total. The lowest BCUT2D eigenvalue weighted by molar-refractivity contribution is 0.0600. The number of aromatic nitrogens is 2. The van der Waals surface area contributed by atoms with Crippen molar-refractivity contribution in [3.05, 3.63) is 41.7 Å². The second-order valence-corrected chi connectivity index (χ2v) is 5.88. The molecule has 3 rings (SSSR count). The highest BCUT2D eigenvalue weighted by Crippen LogP contribution is 2.17. The fourth-order valence-electron chi connectivity index (χ4n) is 2.86. The van der Waals surface area contributed by atoms with Crippen LogP contribution >= 0.6 is 0 Å². The third-order valence-electron chi connectivity index (χ3n) is 4.11. The van der Waals surface area contributed by atoms with E-state index in [2.05, 4.69) is 19.8 Å². The molecule has 1 fully saturated rings. The first-order valence-electron chi connectivity index (χ1n) is 8.08. The number of aryl methyl sites for hydroxylation is 1. The van der Waals surface area contributed by atoms with E-state index in [0.29, 0.717) is 5.56 Å². The van der Waals surface area contributed by atoms with E-state index in [0.717, 1.165) is 56.6 Å². The van der Waals surface area contributed by atoms with Crippen molar-refractivity contribution < 1.29 is 13.9 Å². The minimum Gasteiger partial charge on any atom is -0.465 e. The number of rotatable bonds is 4. The van der Waals surface area contributed by atoms with Gasteiger partial charge in [-0.25, -0.2) is 14.8 Å². The van der Waals surface area contributed by atoms with Gasteiger partial charge in [0.05, 0.1) is 25.4 Å². The van der Waals surface area contributed by atoms with E-state index < -0.39 is 0 Å². The van der Waals surface area contributed by atoms with E-state index in [1.807, 2.05) is 6.92 Å². The Labute approximate surface area is 141 Å². The number of esters is 1. The molecule has 1 aliphatic rings. The molecule has 7 nitrogen and oxygen atoms in total. The SMILES string of the molecule is COC(=O)c1ccnc(N2CCCN(Cc3ncc(C)o3)CC2)c1. The topological polar surface area (TPSA) is 71.7 Å². The van der Waals surface area contributed by atoms with Gasteiger partial charge in [-0.1, -0.05) is 0 Å². The van der Waals surface area contributed by atoms with Crippen LogP contribution in [0.25, 0.3) is 0 Å². The first-order valence-corrected chi connectivity index (χ1v) is 8.08. The molecular weight excluding hydrogens is 308 g/mol. The minimum absolute atomic E-state index is 0.339. The zero-order chi connectivity index (χ0) is 16.9. The molecule has 7 heteroatoms. The zero-order valence-corrected chi connectivity index (χ0v) is 14.1. The summed E-state index contributed by atoms with van der Waals surface area (Å²) in [5.41, 5.74) is 0.527. The molecule has 1 saturated heterocycles.